The number of unbranched alkanes of at least 4 members (excludes halogenated alkanes) is 1. The van der Waals surface area contributed by atoms with Gasteiger partial charge in [0.05, 0.1) is 32.0 Å². The number of carbonyl (C=O) groups excluding carboxylic acids is 2. The van der Waals surface area contributed by atoms with Crippen molar-refractivity contribution in [3.05, 3.63) is 35.4 Å². The molecule has 3 N–H and O–H groups in total. The van der Waals surface area contributed by atoms with Gasteiger partial charge in [-0.2, -0.15) is 0 Å². The van der Waals surface area contributed by atoms with E-state index in [1.165, 1.54) is 18.2 Å². The maximum Gasteiger partial charge on any atom is 0.342 e. The molecule has 1 aromatic carbocycles. The first-order chi connectivity index (χ1) is 17.3. The van der Waals surface area contributed by atoms with E-state index in [9.17, 15) is 24.9 Å². The lowest BCUT2D eigenvalue weighted by Gasteiger charge is -2.26. The third-order valence-electron chi connectivity index (χ3n) is 6.64. The summed E-state index contributed by atoms with van der Waals surface area (Å²) in [6.45, 7) is 6.47. The van der Waals surface area contributed by atoms with Crippen LogP contribution in [0.15, 0.2) is 24.3 Å². The van der Waals surface area contributed by atoms with Crippen molar-refractivity contribution in [3.63, 3.8) is 0 Å². The Hall–Kier alpha value is -2.50. The number of esters is 1. The minimum Gasteiger partial charge on any atom is -0.507 e. The summed E-state index contributed by atoms with van der Waals surface area (Å²) < 4.78 is 22.4. The van der Waals surface area contributed by atoms with E-state index in [1.54, 1.807) is 13.0 Å². The van der Waals surface area contributed by atoms with Gasteiger partial charge in [-0.15, -0.1) is 0 Å². The summed E-state index contributed by atoms with van der Waals surface area (Å²) in [5.41, 5.74) is 0.377. The minimum atomic E-state index is -1.58. The number of phenols is 1. The second-order valence-electron chi connectivity index (χ2n) is 9.52. The number of phenolic OH excluding ortho intramolecular Hbond substituents is 1. The zero-order valence-corrected chi connectivity index (χ0v) is 20.5. The monoisotopic (exact) mass is 505 g/mol. The smallest absolute Gasteiger partial charge is 0.342 e. The molecule has 0 aliphatic carbocycles. The highest BCUT2D eigenvalue weighted by molar-refractivity contribution is 5.95. The first-order valence-electron chi connectivity index (χ1n) is 12.6. The van der Waals surface area contributed by atoms with Gasteiger partial charge in [0.15, 0.2) is 5.78 Å². The van der Waals surface area contributed by atoms with Crippen molar-refractivity contribution in [1.29, 1.82) is 0 Å². The van der Waals surface area contributed by atoms with Crippen LogP contribution in [0.25, 0.3) is 0 Å². The van der Waals surface area contributed by atoms with E-state index in [4.69, 9.17) is 18.9 Å². The van der Waals surface area contributed by atoms with E-state index >= 15 is 0 Å². The normalized spacial score (nSPS) is 30.5. The predicted octanol–water partition coefficient (Wildman–Crippen LogP) is 1.51. The number of ether oxygens (including phenoxy) is 4. The molecule has 198 valence electrons. The van der Waals surface area contributed by atoms with Gasteiger partial charge in [-0.05, 0) is 38.5 Å². The molecular formula is C26H35NO9. The summed E-state index contributed by atoms with van der Waals surface area (Å²) in [5.74, 6) is -1.22. The highest BCUT2D eigenvalue weighted by Gasteiger charge is 2.46. The molecule has 3 heterocycles. The van der Waals surface area contributed by atoms with E-state index in [0.29, 0.717) is 17.9 Å². The third kappa shape index (κ3) is 6.83. The lowest BCUT2D eigenvalue weighted by Crippen LogP contribution is -2.36. The number of hydrogen-bond donors (Lipinski definition) is 3. The van der Waals surface area contributed by atoms with Crippen LogP contribution >= 0.6 is 0 Å². The predicted molar refractivity (Wildman–Crippen MR) is 128 cm³/mol. The number of rotatable bonds is 6. The van der Waals surface area contributed by atoms with Crippen molar-refractivity contribution in [2.45, 2.75) is 63.1 Å². The lowest BCUT2D eigenvalue weighted by atomic mass is 9.97. The molecule has 10 nitrogen and oxygen atoms in total. The quantitative estimate of drug-likeness (QED) is 0.296. The lowest BCUT2D eigenvalue weighted by molar-refractivity contribution is -0.128. The van der Waals surface area contributed by atoms with Gasteiger partial charge >= 0.3 is 5.97 Å². The van der Waals surface area contributed by atoms with Crippen LogP contribution in [-0.2, 0) is 19.0 Å². The van der Waals surface area contributed by atoms with Crippen molar-refractivity contribution in [3.8, 4) is 11.5 Å². The molecule has 0 saturated carbocycles. The summed E-state index contributed by atoms with van der Waals surface area (Å²) in [5, 5.41) is 31.2. The Morgan fingerprint density at radius 1 is 1.14 bits per heavy atom. The van der Waals surface area contributed by atoms with E-state index in [1.807, 2.05) is 0 Å². The number of nitrogens with zero attached hydrogens (tertiary/aromatic N) is 1. The standard InChI is InChI=1S/C26H35NO9/c1-16-5-4-6-19(28)24(31)21(30)15-22-25(36-22)18-13-17(14-20(29)23(18)26(32)35-16)34-10-3-2-7-27-8-11-33-12-9-27/h4,6,13-14,16,21-22,24-25,29-31H,2-3,5,7-12,15H2,1H3/b6-4-/t16-,21-,22+,24+,25+/m0/s1. The van der Waals surface area contributed by atoms with Crippen LogP contribution in [0.2, 0.25) is 0 Å². The molecule has 5 atom stereocenters. The molecule has 3 aliphatic heterocycles. The Labute approximate surface area is 210 Å². The fourth-order valence-electron chi connectivity index (χ4n) is 4.52. The molecule has 1 aromatic rings. The summed E-state index contributed by atoms with van der Waals surface area (Å²) in [7, 11) is 0. The molecule has 0 unspecified atom stereocenters. The zero-order chi connectivity index (χ0) is 25.7. The van der Waals surface area contributed by atoms with Crippen molar-refractivity contribution in [2.75, 3.05) is 39.5 Å². The zero-order valence-electron chi connectivity index (χ0n) is 20.5. The Bertz CT molecular complexity index is 959. The molecule has 36 heavy (non-hydrogen) atoms. The fraction of sp³-hybridized carbons (Fsp3) is 0.615. The first-order valence-corrected chi connectivity index (χ1v) is 12.6. The van der Waals surface area contributed by atoms with Crippen molar-refractivity contribution in [2.24, 2.45) is 0 Å². The number of cyclic esters (lactones) is 1. The highest BCUT2D eigenvalue weighted by Crippen LogP contribution is 2.46. The largest absolute Gasteiger partial charge is 0.507 e. The molecule has 0 radical (unpaired) electrons. The van der Waals surface area contributed by atoms with Gasteiger partial charge in [0.2, 0.25) is 0 Å². The molecule has 0 aromatic heterocycles. The van der Waals surface area contributed by atoms with Crippen molar-refractivity contribution >= 4 is 11.8 Å². The Morgan fingerprint density at radius 2 is 1.92 bits per heavy atom. The van der Waals surface area contributed by atoms with Crippen molar-refractivity contribution < 1.29 is 43.9 Å². The number of hydrogen-bond acceptors (Lipinski definition) is 10. The van der Waals surface area contributed by atoms with Crippen LogP contribution in [0, 0.1) is 0 Å². The second-order valence-corrected chi connectivity index (χ2v) is 9.52. The average Bonchev–Trinajstić information content (AvgIpc) is 3.61. The van der Waals surface area contributed by atoms with E-state index < -0.39 is 42.3 Å². The molecule has 2 fully saturated rings. The molecular weight excluding hydrogens is 470 g/mol. The van der Waals surface area contributed by atoms with E-state index in [-0.39, 0.29) is 24.2 Å². The summed E-state index contributed by atoms with van der Waals surface area (Å²) in [6, 6.07) is 3.04. The number of carbonyl (C=O) groups is 2. The van der Waals surface area contributed by atoms with Crippen LogP contribution in [0.1, 0.15) is 54.6 Å². The summed E-state index contributed by atoms with van der Waals surface area (Å²) in [6.07, 6.45) is 0.00644. The topological polar surface area (TPSA) is 138 Å². The number of fused-ring (bicyclic) bond motifs is 3. The number of morpholine rings is 1. The minimum absolute atomic E-state index is 0.0102. The maximum absolute atomic E-state index is 12.9. The molecule has 3 aliphatic rings. The van der Waals surface area contributed by atoms with Crippen LogP contribution < -0.4 is 4.74 Å². The van der Waals surface area contributed by atoms with Gasteiger partial charge in [-0.1, -0.05) is 6.08 Å². The van der Waals surface area contributed by atoms with Gasteiger partial charge in [0.25, 0.3) is 0 Å². The van der Waals surface area contributed by atoms with Crippen LogP contribution in [-0.4, -0.2) is 95.8 Å². The van der Waals surface area contributed by atoms with Gasteiger partial charge in [0, 0.05) is 37.6 Å². The van der Waals surface area contributed by atoms with Crippen molar-refractivity contribution in [1.82, 2.24) is 4.90 Å². The van der Waals surface area contributed by atoms with Crippen LogP contribution in [0.4, 0.5) is 0 Å². The number of benzene rings is 1. The maximum atomic E-state index is 12.9. The number of aromatic hydroxyl groups is 1. The average molecular weight is 506 g/mol. The van der Waals surface area contributed by atoms with Gasteiger partial charge in [0.1, 0.15) is 35.4 Å². The summed E-state index contributed by atoms with van der Waals surface area (Å²) >= 11 is 0. The SMILES string of the molecule is C[C@H]1C/C=C\C(=O)[C@@H](O)[C@@H](O)C[C@H]2O[C@@H]2c2cc(OCCCCN3CCOCC3)cc(O)c2C(=O)O1. The van der Waals surface area contributed by atoms with Gasteiger partial charge in [-0.25, -0.2) is 4.79 Å². The molecule has 0 spiro atoms. The Balaban J connectivity index is 1.45. The first kappa shape index (κ1) is 26.6. The van der Waals surface area contributed by atoms with Crippen LogP contribution in [0.5, 0.6) is 11.5 Å². The number of aliphatic hydroxyl groups excluding tert-OH is 2. The molecule has 0 bridgehead atoms. The second kappa shape index (κ2) is 12.2. The molecule has 2 saturated heterocycles. The van der Waals surface area contributed by atoms with Gasteiger partial charge < -0.3 is 34.3 Å². The van der Waals surface area contributed by atoms with E-state index in [2.05, 4.69) is 4.90 Å². The third-order valence-corrected chi connectivity index (χ3v) is 6.64. The summed E-state index contributed by atoms with van der Waals surface area (Å²) in [4.78, 5) is 27.4. The number of aliphatic hydroxyl groups is 2. The van der Waals surface area contributed by atoms with Crippen LogP contribution in [0.3, 0.4) is 0 Å². The van der Waals surface area contributed by atoms with Gasteiger partial charge in [-0.3, -0.25) is 9.69 Å². The molecule has 4 rings (SSSR count). The number of epoxide rings is 1. The fourth-order valence-corrected chi connectivity index (χ4v) is 4.52. The molecule has 10 heteroatoms. The Morgan fingerprint density at radius 3 is 2.69 bits per heavy atom. The van der Waals surface area contributed by atoms with E-state index in [0.717, 1.165) is 45.7 Å². The highest BCUT2D eigenvalue weighted by atomic mass is 16.6. The Kier molecular flexibility index (Phi) is 8.97. The number of ketones is 1. The molecule has 0 amide bonds.